The summed E-state index contributed by atoms with van der Waals surface area (Å²) in [5, 5.41) is 3.48. The maximum Gasteiger partial charge on any atom is 0.262 e. The number of carbonyl (C=O) groups excluding carboxylic acids is 1. The summed E-state index contributed by atoms with van der Waals surface area (Å²) in [6.07, 6.45) is 0.221. The van der Waals surface area contributed by atoms with Gasteiger partial charge in [-0.1, -0.05) is 42.0 Å². The van der Waals surface area contributed by atoms with Gasteiger partial charge in [0.05, 0.1) is 10.9 Å². The zero-order valence-electron chi connectivity index (χ0n) is 15.7. The molecule has 0 saturated carbocycles. The minimum absolute atomic E-state index is 0.0783. The van der Waals surface area contributed by atoms with Crippen LogP contribution in [0.15, 0.2) is 53.3 Å². The zero-order chi connectivity index (χ0) is 19.9. The van der Waals surface area contributed by atoms with Gasteiger partial charge in [-0.15, -0.1) is 0 Å². The van der Waals surface area contributed by atoms with Crippen LogP contribution < -0.4 is 10.9 Å². The van der Waals surface area contributed by atoms with Gasteiger partial charge in [-0.2, -0.15) is 11.8 Å². The van der Waals surface area contributed by atoms with Crippen LogP contribution in [0.4, 0.5) is 0 Å². The Balaban J connectivity index is 1.44. The molecular formula is C21H23N3O2S2. The zero-order valence-corrected chi connectivity index (χ0v) is 17.4. The van der Waals surface area contributed by atoms with E-state index in [1.54, 1.807) is 17.8 Å². The number of carbonyl (C=O) groups is 1. The van der Waals surface area contributed by atoms with Crippen LogP contribution >= 0.6 is 24.0 Å². The second-order valence-electron chi connectivity index (χ2n) is 6.57. The van der Waals surface area contributed by atoms with Crippen molar-refractivity contribution in [1.29, 1.82) is 0 Å². The molecule has 5 nitrogen and oxygen atoms in total. The van der Waals surface area contributed by atoms with Gasteiger partial charge in [0.2, 0.25) is 5.91 Å². The first-order valence-corrected chi connectivity index (χ1v) is 10.7. The molecule has 0 fully saturated rings. The van der Waals surface area contributed by atoms with Crippen LogP contribution in [0.2, 0.25) is 0 Å². The fraction of sp³-hybridized carbons (Fsp3) is 0.286. The molecule has 28 heavy (non-hydrogen) atoms. The van der Waals surface area contributed by atoms with Gasteiger partial charge < -0.3 is 10.3 Å². The normalized spacial score (nSPS) is 10.9. The minimum Gasteiger partial charge on any atom is -0.355 e. The fourth-order valence-electron chi connectivity index (χ4n) is 2.84. The fourth-order valence-corrected chi connectivity index (χ4v) is 3.94. The topological polar surface area (TPSA) is 66.9 Å². The number of nitrogens with one attached hydrogen (secondary N) is 2. The lowest BCUT2D eigenvalue weighted by molar-refractivity contribution is -0.121. The molecule has 1 amide bonds. The van der Waals surface area contributed by atoms with Gasteiger partial charge in [-0.25, -0.2) is 0 Å². The molecule has 146 valence electrons. The summed E-state index contributed by atoms with van der Waals surface area (Å²) in [5.74, 6) is 1.69. The molecule has 2 aromatic carbocycles. The van der Waals surface area contributed by atoms with E-state index in [9.17, 15) is 9.59 Å². The van der Waals surface area contributed by atoms with Crippen LogP contribution in [0.3, 0.4) is 0 Å². The van der Waals surface area contributed by atoms with Crippen molar-refractivity contribution in [2.75, 3.05) is 12.3 Å². The number of aromatic nitrogens is 2. The molecule has 0 aliphatic rings. The van der Waals surface area contributed by atoms with E-state index >= 15 is 0 Å². The summed E-state index contributed by atoms with van der Waals surface area (Å²) in [4.78, 5) is 27.7. The van der Waals surface area contributed by atoms with Crippen LogP contribution in [0.1, 0.15) is 17.5 Å². The Morgan fingerprint density at radius 1 is 1.18 bits per heavy atom. The summed E-state index contributed by atoms with van der Waals surface area (Å²) < 4.78 is 1.79. The summed E-state index contributed by atoms with van der Waals surface area (Å²) in [6.45, 7) is 2.95. The lowest BCUT2D eigenvalue weighted by atomic mass is 10.2. The molecular weight excluding hydrogens is 390 g/mol. The van der Waals surface area contributed by atoms with E-state index in [4.69, 9.17) is 12.2 Å². The molecule has 0 bridgehead atoms. The molecule has 3 aromatic rings. The molecule has 0 saturated heterocycles. The lowest BCUT2D eigenvalue weighted by Crippen LogP contribution is -2.29. The van der Waals surface area contributed by atoms with Crippen molar-refractivity contribution in [1.82, 2.24) is 14.9 Å². The highest BCUT2D eigenvalue weighted by atomic mass is 32.2. The van der Waals surface area contributed by atoms with E-state index < -0.39 is 0 Å². The average molecular weight is 414 g/mol. The Morgan fingerprint density at radius 3 is 2.71 bits per heavy atom. The molecule has 0 aliphatic heterocycles. The van der Waals surface area contributed by atoms with Crippen LogP contribution in [0.25, 0.3) is 10.9 Å². The molecule has 1 aromatic heterocycles. The molecule has 0 spiro atoms. The number of hydrogen-bond acceptors (Lipinski definition) is 4. The number of benzene rings is 2. The Hall–Kier alpha value is -2.38. The van der Waals surface area contributed by atoms with E-state index in [1.807, 2.05) is 18.2 Å². The molecule has 0 atom stereocenters. The van der Waals surface area contributed by atoms with Gasteiger partial charge in [0.1, 0.15) is 0 Å². The smallest absolute Gasteiger partial charge is 0.262 e. The molecule has 3 rings (SSSR count). The highest BCUT2D eigenvalue weighted by molar-refractivity contribution is 7.98. The quantitative estimate of drug-likeness (QED) is 0.435. The Labute approximate surface area is 173 Å². The third-order valence-corrected chi connectivity index (χ3v) is 5.76. The maximum absolute atomic E-state index is 12.6. The van der Waals surface area contributed by atoms with Gasteiger partial charge in [-0.3, -0.25) is 14.2 Å². The third-order valence-electron chi connectivity index (χ3n) is 4.41. The number of fused-ring (bicyclic) bond motifs is 1. The Bertz CT molecular complexity index is 1070. The SMILES string of the molecule is Cc1ccc(CSCCNC(=O)CCn2c(=S)[nH]c3ccccc3c2=O)cc1. The van der Waals surface area contributed by atoms with Gasteiger partial charge in [0.25, 0.3) is 5.56 Å². The van der Waals surface area contributed by atoms with Gasteiger partial charge >= 0.3 is 0 Å². The average Bonchev–Trinajstić information content (AvgIpc) is 2.69. The number of nitrogens with zero attached hydrogens (tertiary/aromatic N) is 1. The highest BCUT2D eigenvalue weighted by Crippen LogP contribution is 2.12. The first-order chi connectivity index (χ1) is 13.5. The van der Waals surface area contributed by atoms with Crippen molar-refractivity contribution in [2.45, 2.75) is 25.6 Å². The van der Waals surface area contributed by atoms with Gasteiger partial charge in [0, 0.05) is 31.0 Å². The van der Waals surface area contributed by atoms with E-state index in [0.29, 0.717) is 22.2 Å². The standard InChI is InChI=1S/C21H23N3O2S2/c1-15-6-8-16(9-7-15)14-28-13-11-22-19(25)10-12-24-20(26)17-4-2-3-5-18(17)23-21(24)27/h2-9H,10-14H2,1H3,(H,22,25)(H,23,27). The van der Waals surface area contributed by atoms with E-state index in [1.165, 1.54) is 15.7 Å². The van der Waals surface area contributed by atoms with Crippen molar-refractivity contribution in [3.05, 3.63) is 74.8 Å². The minimum atomic E-state index is -0.166. The van der Waals surface area contributed by atoms with Crippen LogP contribution in [-0.2, 0) is 17.1 Å². The number of para-hydroxylation sites is 1. The van der Waals surface area contributed by atoms with E-state index in [0.717, 1.165) is 11.5 Å². The highest BCUT2D eigenvalue weighted by Gasteiger charge is 2.07. The lowest BCUT2D eigenvalue weighted by Gasteiger charge is -2.09. The molecule has 0 aliphatic carbocycles. The van der Waals surface area contributed by atoms with Crippen LogP contribution in [0.5, 0.6) is 0 Å². The third kappa shape index (κ3) is 5.33. The van der Waals surface area contributed by atoms with Crippen LogP contribution in [0, 0.1) is 11.7 Å². The summed E-state index contributed by atoms with van der Waals surface area (Å²) >= 11 is 7.05. The molecule has 7 heteroatoms. The number of hydrogen-bond donors (Lipinski definition) is 2. The number of amides is 1. The number of rotatable bonds is 8. The van der Waals surface area contributed by atoms with Crippen molar-refractivity contribution in [3.63, 3.8) is 0 Å². The van der Waals surface area contributed by atoms with Gasteiger partial charge in [-0.05, 0) is 36.8 Å². The summed E-state index contributed by atoms with van der Waals surface area (Å²) in [6, 6.07) is 15.7. The number of aromatic amines is 1. The maximum atomic E-state index is 12.6. The molecule has 1 heterocycles. The van der Waals surface area contributed by atoms with Crippen molar-refractivity contribution in [2.24, 2.45) is 0 Å². The van der Waals surface area contributed by atoms with Crippen molar-refractivity contribution < 1.29 is 4.79 Å². The summed E-state index contributed by atoms with van der Waals surface area (Å²) in [5.41, 5.74) is 3.09. The van der Waals surface area contributed by atoms with Crippen molar-refractivity contribution >= 4 is 40.8 Å². The largest absolute Gasteiger partial charge is 0.355 e. The van der Waals surface area contributed by atoms with Crippen molar-refractivity contribution in [3.8, 4) is 0 Å². The molecule has 0 radical (unpaired) electrons. The second-order valence-corrected chi connectivity index (χ2v) is 8.06. The Morgan fingerprint density at radius 2 is 1.93 bits per heavy atom. The van der Waals surface area contributed by atoms with Crippen LogP contribution in [-0.4, -0.2) is 27.8 Å². The number of thioether (sulfide) groups is 1. The predicted octanol–water partition coefficient (Wildman–Crippen LogP) is 3.81. The summed E-state index contributed by atoms with van der Waals surface area (Å²) in [7, 11) is 0. The first kappa shape index (κ1) is 20.4. The monoisotopic (exact) mass is 413 g/mol. The van der Waals surface area contributed by atoms with Gasteiger partial charge in [0.15, 0.2) is 4.77 Å². The van der Waals surface area contributed by atoms with E-state index in [2.05, 4.69) is 41.5 Å². The Kier molecular flexibility index (Phi) is 7.06. The van der Waals surface area contributed by atoms with E-state index in [-0.39, 0.29) is 24.4 Å². The molecule has 2 N–H and O–H groups in total. The number of aryl methyl sites for hydroxylation is 1. The molecule has 0 unspecified atom stereocenters. The second kappa shape index (κ2) is 9.71. The predicted molar refractivity (Wildman–Crippen MR) is 118 cm³/mol. The number of H-pyrrole nitrogens is 1. The first-order valence-electron chi connectivity index (χ1n) is 9.16.